The molecule has 0 radical (unpaired) electrons. The Morgan fingerprint density at radius 1 is 1.12 bits per heavy atom. The lowest BCUT2D eigenvalue weighted by molar-refractivity contribution is 0.0599. The molecule has 3 rings (SSSR count). The summed E-state index contributed by atoms with van der Waals surface area (Å²) in [6.45, 7) is 6.29. The van der Waals surface area contributed by atoms with E-state index in [1.165, 1.54) is 12.8 Å². The molecular formula is C19H24N2O4. The van der Waals surface area contributed by atoms with Crippen LogP contribution < -0.4 is 9.64 Å². The molecular weight excluding hydrogens is 320 g/mol. The molecule has 6 nitrogen and oxygen atoms in total. The predicted octanol–water partition coefficient (Wildman–Crippen LogP) is 2.71. The van der Waals surface area contributed by atoms with Crippen LogP contribution in [0.1, 0.15) is 21.9 Å². The third-order valence-corrected chi connectivity index (χ3v) is 4.56. The lowest BCUT2D eigenvalue weighted by Crippen LogP contribution is -2.45. The van der Waals surface area contributed by atoms with Gasteiger partial charge in [0.1, 0.15) is 22.8 Å². The largest absolute Gasteiger partial charge is 0.497 e. The van der Waals surface area contributed by atoms with Crippen LogP contribution in [0.25, 0.3) is 0 Å². The highest BCUT2D eigenvalue weighted by Crippen LogP contribution is 2.22. The van der Waals surface area contributed by atoms with E-state index in [4.69, 9.17) is 13.9 Å². The Balaban J connectivity index is 1.56. The highest BCUT2D eigenvalue weighted by atomic mass is 16.5. The van der Waals surface area contributed by atoms with Crippen LogP contribution in [0.3, 0.4) is 0 Å². The molecule has 0 aliphatic carbocycles. The molecule has 1 fully saturated rings. The number of esters is 1. The summed E-state index contributed by atoms with van der Waals surface area (Å²) in [5.74, 6) is 1.93. The SMILES string of the molecule is COC(=O)c1cc(CN2CCN(c3ccc(OC)cc3)CC2)oc1C. The van der Waals surface area contributed by atoms with Crippen molar-refractivity contribution in [3.8, 4) is 5.75 Å². The van der Waals surface area contributed by atoms with Crippen molar-refractivity contribution in [1.82, 2.24) is 4.90 Å². The van der Waals surface area contributed by atoms with E-state index < -0.39 is 0 Å². The van der Waals surface area contributed by atoms with Gasteiger partial charge in [0.2, 0.25) is 0 Å². The molecule has 0 amide bonds. The van der Waals surface area contributed by atoms with E-state index in [1.807, 2.05) is 12.1 Å². The normalized spacial score (nSPS) is 15.2. The fourth-order valence-electron chi connectivity index (χ4n) is 3.11. The highest BCUT2D eigenvalue weighted by Gasteiger charge is 2.21. The lowest BCUT2D eigenvalue weighted by Gasteiger charge is -2.35. The molecule has 6 heteroatoms. The average molecular weight is 344 g/mol. The van der Waals surface area contributed by atoms with E-state index in [1.54, 1.807) is 20.1 Å². The van der Waals surface area contributed by atoms with Gasteiger partial charge in [-0.25, -0.2) is 4.79 Å². The fraction of sp³-hybridized carbons (Fsp3) is 0.421. The van der Waals surface area contributed by atoms with Crippen molar-refractivity contribution in [2.24, 2.45) is 0 Å². The number of nitrogens with zero attached hydrogens (tertiary/aromatic N) is 2. The Bertz CT molecular complexity index is 716. The number of methoxy groups -OCH3 is 2. The van der Waals surface area contributed by atoms with Gasteiger partial charge in [-0.05, 0) is 37.3 Å². The topological polar surface area (TPSA) is 55.2 Å². The van der Waals surface area contributed by atoms with Crippen molar-refractivity contribution in [1.29, 1.82) is 0 Å². The van der Waals surface area contributed by atoms with Crippen LogP contribution in [0.15, 0.2) is 34.7 Å². The Kier molecular flexibility index (Phi) is 5.28. The Morgan fingerprint density at radius 3 is 2.40 bits per heavy atom. The molecule has 25 heavy (non-hydrogen) atoms. The first kappa shape index (κ1) is 17.4. The van der Waals surface area contributed by atoms with Crippen LogP contribution >= 0.6 is 0 Å². The van der Waals surface area contributed by atoms with Gasteiger partial charge in [-0.15, -0.1) is 0 Å². The number of rotatable bonds is 5. The molecule has 1 aromatic carbocycles. The number of carbonyl (C=O) groups excluding carboxylic acids is 1. The predicted molar refractivity (Wildman–Crippen MR) is 95.3 cm³/mol. The van der Waals surface area contributed by atoms with E-state index in [9.17, 15) is 4.79 Å². The molecule has 0 atom stereocenters. The number of carbonyl (C=O) groups is 1. The van der Waals surface area contributed by atoms with Crippen molar-refractivity contribution in [3.05, 3.63) is 47.4 Å². The molecule has 0 bridgehead atoms. The lowest BCUT2D eigenvalue weighted by atomic mass is 10.2. The minimum absolute atomic E-state index is 0.350. The van der Waals surface area contributed by atoms with Crippen molar-refractivity contribution < 1.29 is 18.7 Å². The van der Waals surface area contributed by atoms with Crippen molar-refractivity contribution in [2.75, 3.05) is 45.3 Å². The Labute approximate surface area is 147 Å². The zero-order chi connectivity index (χ0) is 17.8. The molecule has 0 saturated carbocycles. The summed E-state index contributed by atoms with van der Waals surface area (Å²) in [5, 5.41) is 0. The van der Waals surface area contributed by atoms with Crippen LogP contribution in [-0.2, 0) is 11.3 Å². The van der Waals surface area contributed by atoms with E-state index in [2.05, 4.69) is 21.9 Å². The second-order valence-electron chi connectivity index (χ2n) is 6.14. The van der Waals surface area contributed by atoms with Crippen LogP contribution in [0.2, 0.25) is 0 Å². The first-order valence-corrected chi connectivity index (χ1v) is 8.39. The van der Waals surface area contributed by atoms with Crippen LogP contribution in [0.5, 0.6) is 5.75 Å². The van der Waals surface area contributed by atoms with E-state index in [-0.39, 0.29) is 5.97 Å². The number of piperazine rings is 1. The van der Waals surface area contributed by atoms with Crippen LogP contribution in [0.4, 0.5) is 5.69 Å². The first-order valence-electron chi connectivity index (χ1n) is 8.39. The number of aryl methyl sites for hydroxylation is 1. The standard InChI is InChI=1S/C19H24N2O4/c1-14-18(19(22)24-3)12-17(25-14)13-20-8-10-21(11-9-20)15-4-6-16(23-2)7-5-15/h4-7,12H,8-11,13H2,1-3H3. The number of hydrogen-bond donors (Lipinski definition) is 0. The molecule has 2 heterocycles. The molecule has 134 valence electrons. The summed E-state index contributed by atoms with van der Waals surface area (Å²) in [7, 11) is 3.06. The minimum Gasteiger partial charge on any atom is -0.497 e. The maximum Gasteiger partial charge on any atom is 0.341 e. The van der Waals surface area contributed by atoms with Gasteiger partial charge in [-0.3, -0.25) is 4.90 Å². The van der Waals surface area contributed by atoms with Gasteiger partial charge in [0.05, 0.1) is 20.8 Å². The number of anilines is 1. The summed E-state index contributed by atoms with van der Waals surface area (Å²) in [5.41, 5.74) is 1.72. The molecule has 1 aliphatic heterocycles. The van der Waals surface area contributed by atoms with Crippen molar-refractivity contribution >= 4 is 11.7 Å². The second kappa shape index (κ2) is 7.61. The smallest absolute Gasteiger partial charge is 0.341 e. The number of ether oxygens (including phenoxy) is 2. The molecule has 0 unspecified atom stereocenters. The van der Waals surface area contributed by atoms with Crippen LogP contribution in [-0.4, -0.2) is 51.3 Å². The van der Waals surface area contributed by atoms with E-state index in [0.29, 0.717) is 17.9 Å². The van der Waals surface area contributed by atoms with Gasteiger partial charge in [0.25, 0.3) is 0 Å². The maximum absolute atomic E-state index is 11.7. The third kappa shape index (κ3) is 3.96. The van der Waals surface area contributed by atoms with Gasteiger partial charge >= 0.3 is 5.97 Å². The monoisotopic (exact) mass is 344 g/mol. The first-order chi connectivity index (χ1) is 12.1. The van der Waals surface area contributed by atoms with Gasteiger partial charge in [0, 0.05) is 31.9 Å². The minimum atomic E-state index is -0.350. The van der Waals surface area contributed by atoms with E-state index in [0.717, 1.165) is 37.7 Å². The van der Waals surface area contributed by atoms with Crippen LogP contribution in [0, 0.1) is 6.92 Å². The summed E-state index contributed by atoms with van der Waals surface area (Å²) in [4.78, 5) is 16.4. The van der Waals surface area contributed by atoms with Gasteiger partial charge in [-0.1, -0.05) is 0 Å². The van der Waals surface area contributed by atoms with Gasteiger partial charge in [-0.2, -0.15) is 0 Å². The third-order valence-electron chi connectivity index (χ3n) is 4.56. The van der Waals surface area contributed by atoms with Gasteiger partial charge < -0.3 is 18.8 Å². The van der Waals surface area contributed by atoms with E-state index >= 15 is 0 Å². The maximum atomic E-state index is 11.7. The second-order valence-corrected chi connectivity index (χ2v) is 6.14. The molecule has 1 aliphatic rings. The molecule has 1 saturated heterocycles. The Morgan fingerprint density at radius 2 is 1.80 bits per heavy atom. The van der Waals surface area contributed by atoms with Crippen molar-refractivity contribution in [2.45, 2.75) is 13.5 Å². The van der Waals surface area contributed by atoms with Gasteiger partial charge in [0.15, 0.2) is 0 Å². The number of furan rings is 1. The van der Waals surface area contributed by atoms with Crippen molar-refractivity contribution in [3.63, 3.8) is 0 Å². The molecule has 1 aromatic heterocycles. The number of hydrogen-bond acceptors (Lipinski definition) is 6. The molecule has 0 N–H and O–H groups in total. The quantitative estimate of drug-likeness (QED) is 0.778. The molecule has 0 spiro atoms. The summed E-state index contributed by atoms with van der Waals surface area (Å²) < 4.78 is 15.7. The summed E-state index contributed by atoms with van der Waals surface area (Å²) >= 11 is 0. The zero-order valence-corrected chi connectivity index (χ0v) is 14.9. The molecule has 2 aromatic rings. The number of benzene rings is 1. The Hall–Kier alpha value is -2.47. The average Bonchev–Trinajstić information content (AvgIpc) is 3.02. The zero-order valence-electron chi connectivity index (χ0n) is 14.9. The highest BCUT2D eigenvalue weighted by molar-refractivity contribution is 5.90. The fourth-order valence-corrected chi connectivity index (χ4v) is 3.11. The summed E-state index contributed by atoms with van der Waals surface area (Å²) in [6, 6.07) is 9.94. The summed E-state index contributed by atoms with van der Waals surface area (Å²) in [6.07, 6.45) is 0.